The number of hydrogen-bond donors (Lipinski definition) is 1. The third-order valence-electron chi connectivity index (χ3n) is 3.24. The third-order valence-corrected chi connectivity index (χ3v) is 3.24. The zero-order valence-electron chi connectivity index (χ0n) is 13.8. The van der Waals surface area contributed by atoms with Gasteiger partial charge in [0.15, 0.2) is 12.4 Å². The molecule has 1 heterocycles. The first kappa shape index (κ1) is 17.9. The van der Waals surface area contributed by atoms with Gasteiger partial charge in [0.1, 0.15) is 0 Å². The molecule has 1 amide bonds. The number of hydrogen-bond acceptors (Lipinski definition) is 5. The van der Waals surface area contributed by atoms with Gasteiger partial charge in [0, 0.05) is 17.8 Å². The average Bonchev–Trinajstić information content (AvgIpc) is 2.66. The Morgan fingerprint density at radius 1 is 0.840 bits per heavy atom. The monoisotopic (exact) mass is 341 g/mol. The van der Waals surface area contributed by atoms with Crippen molar-refractivity contribution in [3.05, 3.63) is 66.5 Å². The van der Waals surface area contributed by atoms with Crippen molar-refractivity contribution in [3.63, 3.8) is 0 Å². The van der Waals surface area contributed by atoms with Gasteiger partial charge in [-0.2, -0.15) is 4.57 Å². The Morgan fingerprint density at radius 2 is 1.40 bits per heavy atom. The summed E-state index contributed by atoms with van der Waals surface area (Å²) in [5.74, 6) is -2.58. The van der Waals surface area contributed by atoms with Gasteiger partial charge in [-0.1, -0.05) is 24.3 Å². The SMILES string of the molecule is COC(=O)/C(C(=O)Nc1ccccc1)=C(\C(=O)OC)[n+]1ccccc1. The molecule has 2 rings (SSSR count). The van der Waals surface area contributed by atoms with Gasteiger partial charge in [-0.15, -0.1) is 0 Å². The number of benzene rings is 1. The summed E-state index contributed by atoms with van der Waals surface area (Å²) in [6, 6.07) is 13.6. The van der Waals surface area contributed by atoms with Crippen LogP contribution in [-0.2, 0) is 23.9 Å². The van der Waals surface area contributed by atoms with Crippen molar-refractivity contribution in [3.8, 4) is 0 Å². The second kappa shape index (κ2) is 8.39. The lowest BCUT2D eigenvalue weighted by molar-refractivity contribution is -0.578. The van der Waals surface area contributed by atoms with Crippen LogP contribution in [0.5, 0.6) is 0 Å². The van der Waals surface area contributed by atoms with Gasteiger partial charge in [-0.3, -0.25) is 4.79 Å². The van der Waals surface area contributed by atoms with E-state index in [2.05, 4.69) is 10.1 Å². The first-order valence-corrected chi connectivity index (χ1v) is 7.32. The van der Waals surface area contributed by atoms with Crippen LogP contribution in [0.25, 0.3) is 5.70 Å². The van der Waals surface area contributed by atoms with Crippen molar-refractivity contribution in [2.24, 2.45) is 0 Å². The molecule has 0 saturated heterocycles. The lowest BCUT2D eigenvalue weighted by Gasteiger charge is -2.09. The van der Waals surface area contributed by atoms with E-state index in [0.717, 1.165) is 14.2 Å². The molecule has 0 saturated carbocycles. The number of nitrogens with zero attached hydrogens (tertiary/aromatic N) is 1. The summed E-state index contributed by atoms with van der Waals surface area (Å²) in [6.45, 7) is 0. The summed E-state index contributed by atoms with van der Waals surface area (Å²) in [7, 11) is 2.29. The third kappa shape index (κ3) is 4.29. The van der Waals surface area contributed by atoms with Crippen LogP contribution in [0, 0.1) is 0 Å². The molecule has 1 aromatic carbocycles. The number of aromatic nitrogens is 1. The number of carbonyl (C=O) groups is 3. The van der Waals surface area contributed by atoms with Gasteiger partial charge in [0.25, 0.3) is 5.91 Å². The molecule has 1 N–H and O–H groups in total. The van der Waals surface area contributed by atoms with E-state index in [-0.39, 0.29) is 5.70 Å². The van der Waals surface area contributed by atoms with Crippen molar-refractivity contribution in [2.75, 3.05) is 19.5 Å². The first-order chi connectivity index (χ1) is 12.1. The van der Waals surface area contributed by atoms with Crippen LogP contribution in [0.4, 0.5) is 5.69 Å². The summed E-state index contributed by atoms with van der Waals surface area (Å²) in [4.78, 5) is 37.1. The Bertz CT molecular complexity index is 801. The molecule has 0 radical (unpaired) electrons. The molecule has 0 atom stereocenters. The van der Waals surface area contributed by atoms with Crippen molar-refractivity contribution in [1.29, 1.82) is 0 Å². The highest BCUT2D eigenvalue weighted by molar-refractivity contribution is 6.30. The minimum Gasteiger partial charge on any atom is -0.465 e. The van der Waals surface area contributed by atoms with Crippen molar-refractivity contribution < 1.29 is 28.4 Å². The Morgan fingerprint density at radius 3 is 1.96 bits per heavy atom. The van der Waals surface area contributed by atoms with E-state index in [0.29, 0.717) is 5.69 Å². The van der Waals surface area contributed by atoms with E-state index < -0.39 is 23.4 Å². The maximum absolute atomic E-state index is 12.7. The normalized spacial score (nSPS) is 11.1. The fourth-order valence-electron chi connectivity index (χ4n) is 2.10. The number of anilines is 1. The maximum Gasteiger partial charge on any atom is 0.405 e. The number of methoxy groups -OCH3 is 2. The number of nitrogens with one attached hydrogen (secondary N) is 1. The average molecular weight is 341 g/mol. The second-order valence-electron chi connectivity index (χ2n) is 4.81. The van der Waals surface area contributed by atoms with E-state index in [1.807, 2.05) is 0 Å². The molecule has 0 aliphatic carbocycles. The van der Waals surface area contributed by atoms with Crippen LogP contribution < -0.4 is 9.88 Å². The van der Waals surface area contributed by atoms with Crippen molar-refractivity contribution >= 4 is 29.2 Å². The zero-order valence-corrected chi connectivity index (χ0v) is 13.8. The van der Waals surface area contributed by atoms with Gasteiger partial charge in [0.2, 0.25) is 5.57 Å². The summed E-state index contributed by atoms with van der Waals surface area (Å²) in [6.07, 6.45) is 3.04. The van der Waals surface area contributed by atoms with Gasteiger partial charge in [0.05, 0.1) is 14.2 Å². The predicted octanol–water partition coefficient (Wildman–Crippen LogP) is 1.17. The predicted molar refractivity (Wildman–Crippen MR) is 89.0 cm³/mol. The molecular formula is C18H17N2O5+. The van der Waals surface area contributed by atoms with E-state index in [1.165, 1.54) is 17.0 Å². The maximum atomic E-state index is 12.7. The number of carbonyl (C=O) groups excluding carboxylic acids is 3. The molecule has 7 heteroatoms. The summed E-state index contributed by atoms with van der Waals surface area (Å²) in [5, 5.41) is 2.57. The zero-order chi connectivity index (χ0) is 18.2. The first-order valence-electron chi connectivity index (χ1n) is 7.32. The summed E-state index contributed by atoms with van der Waals surface area (Å²) >= 11 is 0. The van der Waals surface area contributed by atoms with Gasteiger partial charge >= 0.3 is 17.6 Å². The number of para-hydroxylation sites is 1. The van der Waals surface area contributed by atoms with Crippen LogP contribution in [0.2, 0.25) is 0 Å². The van der Waals surface area contributed by atoms with Crippen LogP contribution in [0.3, 0.4) is 0 Å². The quantitative estimate of drug-likeness (QED) is 0.290. The smallest absolute Gasteiger partial charge is 0.405 e. The highest BCUT2D eigenvalue weighted by atomic mass is 16.5. The lowest BCUT2D eigenvalue weighted by atomic mass is 10.1. The molecule has 0 bridgehead atoms. The van der Waals surface area contributed by atoms with E-state index in [4.69, 9.17) is 4.74 Å². The number of ether oxygens (including phenoxy) is 2. The van der Waals surface area contributed by atoms with Crippen molar-refractivity contribution in [2.45, 2.75) is 0 Å². The molecule has 25 heavy (non-hydrogen) atoms. The minimum absolute atomic E-state index is 0.247. The molecule has 2 aromatic rings. The topological polar surface area (TPSA) is 85.6 Å². The molecular weight excluding hydrogens is 324 g/mol. The Labute approximate surface area is 144 Å². The van der Waals surface area contributed by atoms with Gasteiger partial charge < -0.3 is 14.8 Å². The Balaban J connectivity index is 2.58. The highest BCUT2D eigenvalue weighted by Gasteiger charge is 2.36. The van der Waals surface area contributed by atoms with Crippen LogP contribution >= 0.6 is 0 Å². The highest BCUT2D eigenvalue weighted by Crippen LogP contribution is 2.13. The number of rotatable bonds is 5. The fraction of sp³-hybridized carbons (Fsp3) is 0.111. The van der Waals surface area contributed by atoms with Crippen LogP contribution in [0.1, 0.15) is 0 Å². The molecule has 0 unspecified atom stereocenters. The number of pyridine rings is 1. The Kier molecular flexibility index (Phi) is 6.00. The fourth-order valence-corrected chi connectivity index (χ4v) is 2.10. The molecule has 0 aliphatic heterocycles. The Hall–Kier alpha value is -3.48. The van der Waals surface area contributed by atoms with E-state index in [1.54, 1.807) is 48.5 Å². The molecule has 0 fully saturated rings. The summed E-state index contributed by atoms with van der Waals surface area (Å²) in [5.41, 5.74) is -0.242. The standard InChI is InChI=1S/C18H16N2O5/c1-24-17(22)14(16(21)19-13-9-5-3-6-10-13)15(18(23)25-2)20-11-7-4-8-12-20/h3-12H,1-2H3/p+1/b15-14+. The molecule has 7 nitrogen and oxygen atoms in total. The van der Waals surface area contributed by atoms with Crippen LogP contribution in [-0.4, -0.2) is 32.1 Å². The molecule has 1 aromatic heterocycles. The second-order valence-corrected chi connectivity index (χ2v) is 4.81. The van der Waals surface area contributed by atoms with Crippen LogP contribution in [0.15, 0.2) is 66.5 Å². The lowest BCUT2D eigenvalue weighted by Crippen LogP contribution is -2.40. The number of amides is 1. The van der Waals surface area contributed by atoms with E-state index in [9.17, 15) is 14.4 Å². The van der Waals surface area contributed by atoms with Crippen molar-refractivity contribution in [1.82, 2.24) is 0 Å². The molecule has 0 aliphatic rings. The largest absolute Gasteiger partial charge is 0.465 e. The molecule has 128 valence electrons. The summed E-state index contributed by atoms with van der Waals surface area (Å²) < 4.78 is 10.7. The molecule has 0 spiro atoms. The number of esters is 2. The van der Waals surface area contributed by atoms with Gasteiger partial charge in [-0.25, -0.2) is 9.59 Å². The minimum atomic E-state index is -0.954. The van der Waals surface area contributed by atoms with Gasteiger partial charge in [-0.05, 0) is 12.1 Å². The van der Waals surface area contributed by atoms with E-state index >= 15 is 0 Å².